The number of rotatable bonds is 4. The maximum Gasteiger partial charge on any atom is 0.0887 e. The van der Waals surface area contributed by atoms with Gasteiger partial charge in [-0.3, -0.25) is 4.98 Å². The summed E-state index contributed by atoms with van der Waals surface area (Å²) in [5, 5.41) is 3.33. The van der Waals surface area contributed by atoms with E-state index >= 15 is 0 Å². The molecule has 3 nitrogen and oxygen atoms in total. The molecule has 3 heteroatoms. The monoisotopic (exact) mass is 192 g/mol. The first-order valence-electron chi connectivity index (χ1n) is 5.13. The van der Waals surface area contributed by atoms with Crippen molar-refractivity contribution >= 4 is 0 Å². The lowest BCUT2D eigenvalue weighted by Crippen LogP contribution is -2.13. The van der Waals surface area contributed by atoms with Crippen LogP contribution in [-0.2, 0) is 11.3 Å². The van der Waals surface area contributed by atoms with Gasteiger partial charge in [-0.25, -0.2) is 0 Å². The van der Waals surface area contributed by atoms with E-state index in [2.05, 4.69) is 10.3 Å². The van der Waals surface area contributed by atoms with Gasteiger partial charge in [-0.15, -0.1) is 0 Å². The van der Waals surface area contributed by atoms with Crippen LogP contribution in [0.5, 0.6) is 0 Å². The van der Waals surface area contributed by atoms with E-state index in [-0.39, 0.29) is 0 Å². The standard InChI is InChI=1S/C11H16N2O/c1-2-5-13-11(3-1)9-14-8-10-4-6-12-7-10/h1-3,5,10,12H,4,6-9H2. The average Bonchev–Trinajstić information content (AvgIpc) is 2.72. The van der Waals surface area contributed by atoms with Crippen LogP contribution >= 0.6 is 0 Å². The molecule has 1 aliphatic rings. The minimum atomic E-state index is 0.636. The summed E-state index contributed by atoms with van der Waals surface area (Å²) in [5.41, 5.74) is 1.01. The van der Waals surface area contributed by atoms with Gasteiger partial charge < -0.3 is 10.1 Å². The molecule has 0 aromatic carbocycles. The van der Waals surface area contributed by atoms with Gasteiger partial charge in [0.1, 0.15) is 0 Å². The van der Waals surface area contributed by atoms with Crippen LogP contribution in [0.15, 0.2) is 24.4 Å². The molecule has 14 heavy (non-hydrogen) atoms. The Labute approximate surface area is 84.5 Å². The van der Waals surface area contributed by atoms with Crippen molar-refractivity contribution in [2.75, 3.05) is 19.7 Å². The Morgan fingerprint density at radius 1 is 1.50 bits per heavy atom. The van der Waals surface area contributed by atoms with E-state index in [0.717, 1.165) is 25.4 Å². The molecule has 1 aromatic rings. The van der Waals surface area contributed by atoms with Crippen LogP contribution in [0.1, 0.15) is 12.1 Å². The minimum absolute atomic E-state index is 0.636. The van der Waals surface area contributed by atoms with E-state index in [1.165, 1.54) is 6.42 Å². The van der Waals surface area contributed by atoms with Gasteiger partial charge in [-0.1, -0.05) is 6.07 Å². The van der Waals surface area contributed by atoms with Gasteiger partial charge in [-0.2, -0.15) is 0 Å². The van der Waals surface area contributed by atoms with Crippen molar-refractivity contribution in [3.8, 4) is 0 Å². The number of pyridine rings is 1. The Hall–Kier alpha value is -0.930. The zero-order valence-electron chi connectivity index (χ0n) is 8.28. The molecule has 0 radical (unpaired) electrons. The smallest absolute Gasteiger partial charge is 0.0887 e. The SMILES string of the molecule is c1ccc(COCC2CCNC2)nc1. The van der Waals surface area contributed by atoms with Gasteiger partial charge in [0.25, 0.3) is 0 Å². The van der Waals surface area contributed by atoms with E-state index in [1.807, 2.05) is 18.2 Å². The van der Waals surface area contributed by atoms with E-state index in [9.17, 15) is 0 Å². The summed E-state index contributed by atoms with van der Waals surface area (Å²) in [6.07, 6.45) is 3.04. The molecule has 0 bridgehead atoms. The molecule has 1 saturated heterocycles. The molecular formula is C11H16N2O. The molecule has 76 valence electrons. The van der Waals surface area contributed by atoms with Gasteiger partial charge in [0.2, 0.25) is 0 Å². The zero-order chi connectivity index (χ0) is 9.64. The van der Waals surface area contributed by atoms with Gasteiger partial charge in [0.05, 0.1) is 18.9 Å². The fourth-order valence-corrected chi connectivity index (χ4v) is 1.67. The first kappa shape index (κ1) is 9.62. The molecule has 0 aliphatic carbocycles. The van der Waals surface area contributed by atoms with Crippen molar-refractivity contribution in [3.63, 3.8) is 0 Å². The Morgan fingerprint density at radius 2 is 2.50 bits per heavy atom. The molecule has 0 spiro atoms. The first-order valence-corrected chi connectivity index (χ1v) is 5.13. The van der Waals surface area contributed by atoms with Crippen LogP contribution < -0.4 is 5.32 Å². The fraction of sp³-hybridized carbons (Fsp3) is 0.545. The highest BCUT2D eigenvalue weighted by molar-refractivity contribution is 5.01. The second kappa shape index (κ2) is 5.08. The summed E-state index contributed by atoms with van der Waals surface area (Å²) in [6, 6.07) is 5.90. The molecule has 1 aromatic heterocycles. The lowest BCUT2D eigenvalue weighted by Gasteiger charge is -2.08. The fourth-order valence-electron chi connectivity index (χ4n) is 1.67. The van der Waals surface area contributed by atoms with Crippen molar-refractivity contribution in [1.29, 1.82) is 0 Å². The second-order valence-electron chi connectivity index (χ2n) is 3.70. The van der Waals surface area contributed by atoms with E-state index < -0.39 is 0 Å². The Morgan fingerprint density at radius 3 is 3.21 bits per heavy atom. The van der Waals surface area contributed by atoms with Crippen LogP contribution in [0.2, 0.25) is 0 Å². The number of aromatic nitrogens is 1. The third kappa shape index (κ3) is 2.79. The van der Waals surface area contributed by atoms with Crippen LogP contribution in [-0.4, -0.2) is 24.7 Å². The second-order valence-corrected chi connectivity index (χ2v) is 3.70. The van der Waals surface area contributed by atoms with Gasteiger partial charge in [0, 0.05) is 12.7 Å². The summed E-state index contributed by atoms with van der Waals surface area (Å²) in [7, 11) is 0. The van der Waals surface area contributed by atoms with Crippen molar-refractivity contribution in [2.45, 2.75) is 13.0 Å². The maximum absolute atomic E-state index is 5.60. The highest BCUT2D eigenvalue weighted by Gasteiger charge is 2.13. The Balaban J connectivity index is 1.67. The number of hydrogen-bond acceptors (Lipinski definition) is 3. The summed E-state index contributed by atoms with van der Waals surface area (Å²) in [5.74, 6) is 0.693. The maximum atomic E-state index is 5.60. The normalized spacial score (nSPS) is 21.3. The quantitative estimate of drug-likeness (QED) is 0.778. The summed E-state index contributed by atoms with van der Waals surface area (Å²) < 4.78 is 5.60. The summed E-state index contributed by atoms with van der Waals surface area (Å²) in [4.78, 5) is 4.20. The molecular weight excluding hydrogens is 176 g/mol. The highest BCUT2D eigenvalue weighted by Crippen LogP contribution is 2.08. The number of nitrogens with zero attached hydrogens (tertiary/aromatic N) is 1. The molecule has 1 aliphatic heterocycles. The van der Waals surface area contributed by atoms with Crippen molar-refractivity contribution in [1.82, 2.24) is 10.3 Å². The van der Waals surface area contributed by atoms with Crippen LogP contribution in [0, 0.1) is 5.92 Å². The average molecular weight is 192 g/mol. The topological polar surface area (TPSA) is 34.1 Å². The molecule has 0 amide bonds. The molecule has 0 saturated carbocycles. The first-order chi connectivity index (χ1) is 6.95. The van der Waals surface area contributed by atoms with E-state index in [4.69, 9.17) is 4.74 Å². The number of ether oxygens (including phenoxy) is 1. The predicted octanol–water partition coefficient (Wildman–Crippen LogP) is 1.21. The molecule has 1 N–H and O–H groups in total. The highest BCUT2D eigenvalue weighted by atomic mass is 16.5. The zero-order valence-corrected chi connectivity index (χ0v) is 8.28. The van der Waals surface area contributed by atoms with Crippen molar-refractivity contribution < 1.29 is 4.74 Å². The van der Waals surface area contributed by atoms with Gasteiger partial charge in [0.15, 0.2) is 0 Å². The molecule has 1 fully saturated rings. The Bertz CT molecular complexity index is 257. The molecule has 2 rings (SSSR count). The summed E-state index contributed by atoms with van der Waals surface area (Å²) >= 11 is 0. The van der Waals surface area contributed by atoms with Crippen molar-refractivity contribution in [3.05, 3.63) is 30.1 Å². The Kier molecular flexibility index (Phi) is 3.49. The van der Waals surface area contributed by atoms with Crippen molar-refractivity contribution in [2.24, 2.45) is 5.92 Å². The molecule has 1 atom stereocenters. The van der Waals surface area contributed by atoms with Crippen LogP contribution in [0.4, 0.5) is 0 Å². The van der Waals surface area contributed by atoms with E-state index in [1.54, 1.807) is 6.20 Å². The van der Waals surface area contributed by atoms with Crippen LogP contribution in [0.25, 0.3) is 0 Å². The lowest BCUT2D eigenvalue weighted by molar-refractivity contribution is 0.0903. The van der Waals surface area contributed by atoms with E-state index in [0.29, 0.717) is 12.5 Å². The molecule has 1 unspecified atom stereocenters. The largest absolute Gasteiger partial charge is 0.375 e. The molecule has 2 heterocycles. The lowest BCUT2D eigenvalue weighted by atomic mass is 10.1. The third-order valence-corrected chi connectivity index (χ3v) is 2.49. The minimum Gasteiger partial charge on any atom is -0.375 e. The van der Waals surface area contributed by atoms with Crippen LogP contribution in [0.3, 0.4) is 0 Å². The van der Waals surface area contributed by atoms with Gasteiger partial charge in [-0.05, 0) is 31.0 Å². The van der Waals surface area contributed by atoms with Gasteiger partial charge >= 0.3 is 0 Å². The predicted molar refractivity (Wildman–Crippen MR) is 54.9 cm³/mol. The number of hydrogen-bond donors (Lipinski definition) is 1. The third-order valence-electron chi connectivity index (χ3n) is 2.49. The number of nitrogens with one attached hydrogen (secondary N) is 1. The summed E-state index contributed by atoms with van der Waals surface area (Å²) in [6.45, 7) is 3.72.